The Kier molecular flexibility index (Phi) is 2.20. The minimum absolute atomic E-state index is 0.246. The number of aromatic nitrogens is 2. The molecule has 0 aliphatic carbocycles. The van der Waals surface area contributed by atoms with Crippen LogP contribution in [-0.2, 0) is 0 Å². The normalized spacial score (nSPS) is 13.7. The number of hydrogen-bond donors (Lipinski definition) is 2. The maximum absolute atomic E-state index is 11.8. The van der Waals surface area contributed by atoms with Crippen molar-refractivity contribution in [3.8, 4) is 0 Å². The van der Waals surface area contributed by atoms with Gasteiger partial charge in [0.15, 0.2) is 5.82 Å². The summed E-state index contributed by atoms with van der Waals surface area (Å²) in [5.74, 6) is 0.272. The van der Waals surface area contributed by atoms with Gasteiger partial charge in [0, 0.05) is 14.1 Å². The predicted octanol–water partition coefficient (Wildman–Crippen LogP) is 1.03. The summed E-state index contributed by atoms with van der Waals surface area (Å²) < 4.78 is 0. The Morgan fingerprint density at radius 1 is 1.50 bits per heavy atom. The van der Waals surface area contributed by atoms with Crippen LogP contribution in [-0.4, -0.2) is 36.0 Å². The van der Waals surface area contributed by atoms with Crippen LogP contribution in [0.4, 0.5) is 16.3 Å². The Balaban J connectivity index is 2.36. The molecule has 18 heavy (non-hydrogen) atoms. The molecule has 0 saturated heterocycles. The first-order valence-electron chi connectivity index (χ1n) is 5.17. The van der Waals surface area contributed by atoms with Crippen LogP contribution in [0.15, 0.2) is 6.33 Å². The second kappa shape index (κ2) is 3.64. The summed E-state index contributed by atoms with van der Waals surface area (Å²) in [7, 11) is 3.17. The second-order valence-corrected chi connectivity index (χ2v) is 4.75. The van der Waals surface area contributed by atoms with Crippen molar-refractivity contribution in [2.45, 2.75) is 0 Å². The molecule has 3 rings (SSSR count). The van der Waals surface area contributed by atoms with Gasteiger partial charge in [-0.05, 0) is 0 Å². The molecule has 2 aromatic rings. The zero-order chi connectivity index (χ0) is 12.9. The molecule has 3 amide bonds. The predicted molar refractivity (Wildman–Crippen MR) is 68.2 cm³/mol. The highest BCUT2D eigenvalue weighted by Gasteiger charge is 2.30. The highest BCUT2D eigenvalue weighted by Crippen LogP contribution is 2.41. The average Bonchev–Trinajstić information content (AvgIpc) is 2.75. The van der Waals surface area contributed by atoms with Crippen molar-refractivity contribution in [2.75, 3.05) is 24.3 Å². The molecular formula is C10H9N5O2S. The fourth-order valence-electron chi connectivity index (χ4n) is 1.85. The zero-order valence-electron chi connectivity index (χ0n) is 9.64. The number of urea groups is 1. The van der Waals surface area contributed by atoms with Crippen molar-refractivity contribution in [1.29, 1.82) is 0 Å². The minimum Gasteiger partial charge on any atom is -0.354 e. The summed E-state index contributed by atoms with van der Waals surface area (Å²) in [5, 5.41) is 5.95. The van der Waals surface area contributed by atoms with Gasteiger partial charge in [-0.1, -0.05) is 0 Å². The molecule has 0 aromatic carbocycles. The summed E-state index contributed by atoms with van der Waals surface area (Å²) in [4.78, 5) is 34.3. The van der Waals surface area contributed by atoms with Gasteiger partial charge in [0.1, 0.15) is 16.0 Å². The highest BCUT2D eigenvalue weighted by molar-refractivity contribution is 7.21. The third-order valence-electron chi connectivity index (χ3n) is 2.76. The van der Waals surface area contributed by atoms with E-state index in [0.717, 1.165) is 0 Å². The minimum atomic E-state index is -0.314. The van der Waals surface area contributed by atoms with E-state index in [4.69, 9.17) is 0 Å². The average molecular weight is 263 g/mol. The lowest BCUT2D eigenvalue weighted by atomic mass is 10.2. The monoisotopic (exact) mass is 263 g/mol. The molecule has 0 spiro atoms. The number of hydrogen-bond acceptors (Lipinski definition) is 5. The van der Waals surface area contributed by atoms with E-state index < -0.39 is 0 Å². The van der Waals surface area contributed by atoms with Gasteiger partial charge in [0.05, 0.1) is 11.1 Å². The molecule has 3 heterocycles. The smallest absolute Gasteiger partial charge is 0.327 e. The maximum atomic E-state index is 11.8. The van der Waals surface area contributed by atoms with Crippen molar-refractivity contribution < 1.29 is 9.59 Å². The van der Waals surface area contributed by atoms with Crippen LogP contribution in [0.3, 0.4) is 0 Å². The van der Waals surface area contributed by atoms with Crippen LogP contribution in [0.1, 0.15) is 9.67 Å². The molecule has 0 unspecified atom stereocenters. The van der Waals surface area contributed by atoms with Gasteiger partial charge in [0.2, 0.25) is 0 Å². The first-order chi connectivity index (χ1) is 8.63. The number of rotatable bonds is 1. The van der Waals surface area contributed by atoms with Gasteiger partial charge in [-0.25, -0.2) is 14.8 Å². The molecule has 0 bridgehead atoms. The molecule has 92 valence electrons. The Bertz CT molecular complexity index is 680. The van der Waals surface area contributed by atoms with Crippen LogP contribution in [0.2, 0.25) is 0 Å². The molecule has 0 saturated carbocycles. The second-order valence-electron chi connectivity index (χ2n) is 3.75. The van der Waals surface area contributed by atoms with Crippen molar-refractivity contribution in [3.05, 3.63) is 11.2 Å². The zero-order valence-corrected chi connectivity index (χ0v) is 10.5. The number of nitrogens with one attached hydrogen (secondary N) is 2. The van der Waals surface area contributed by atoms with Gasteiger partial charge in [-0.15, -0.1) is 11.3 Å². The van der Waals surface area contributed by atoms with Gasteiger partial charge in [0.25, 0.3) is 5.91 Å². The molecular weight excluding hydrogens is 254 g/mol. The molecule has 2 aromatic heterocycles. The summed E-state index contributed by atoms with van der Waals surface area (Å²) in [6, 6.07) is -0.314. The Morgan fingerprint density at radius 3 is 3.00 bits per heavy atom. The number of amides is 3. The standard InChI is InChI=1S/C10H9N5O2S/c1-11-8(16)6-5-4-7(15(2)10(17)14-5)12-3-13-9(4)18-6/h3H,1-2H3,(H,11,16)(H,14,17). The number of carbonyl (C=O) groups excluding carboxylic acids is 2. The topological polar surface area (TPSA) is 87.2 Å². The van der Waals surface area contributed by atoms with Crippen molar-refractivity contribution in [3.63, 3.8) is 0 Å². The van der Waals surface area contributed by atoms with E-state index in [1.54, 1.807) is 14.1 Å². The van der Waals surface area contributed by atoms with Crippen molar-refractivity contribution in [2.24, 2.45) is 0 Å². The maximum Gasteiger partial charge on any atom is 0.327 e. The van der Waals surface area contributed by atoms with E-state index in [-0.39, 0.29) is 11.9 Å². The van der Waals surface area contributed by atoms with E-state index in [9.17, 15) is 9.59 Å². The van der Waals surface area contributed by atoms with Crippen LogP contribution in [0.25, 0.3) is 10.2 Å². The number of thiophene rings is 1. The molecule has 2 N–H and O–H groups in total. The van der Waals surface area contributed by atoms with E-state index >= 15 is 0 Å². The number of nitrogens with zero attached hydrogens (tertiary/aromatic N) is 3. The fraction of sp³-hybridized carbons (Fsp3) is 0.200. The fourth-order valence-corrected chi connectivity index (χ4v) is 2.89. The molecule has 1 aliphatic heterocycles. The van der Waals surface area contributed by atoms with Gasteiger partial charge in [-0.2, -0.15) is 0 Å². The van der Waals surface area contributed by atoms with E-state index in [1.165, 1.54) is 22.6 Å². The Morgan fingerprint density at radius 2 is 2.28 bits per heavy atom. The van der Waals surface area contributed by atoms with Crippen molar-refractivity contribution in [1.82, 2.24) is 15.3 Å². The summed E-state index contributed by atoms with van der Waals surface area (Å²) in [6.07, 6.45) is 1.39. The summed E-state index contributed by atoms with van der Waals surface area (Å²) >= 11 is 1.23. The lowest BCUT2D eigenvalue weighted by molar-refractivity contribution is 0.0968. The largest absolute Gasteiger partial charge is 0.354 e. The molecule has 0 atom stereocenters. The molecule has 0 fully saturated rings. The van der Waals surface area contributed by atoms with Crippen LogP contribution < -0.4 is 15.5 Å². The van der Waals surface area contributed by atoms with E-state index in [0.29, 0.717) is 26.6 Å². The third kappa shape index (κ3) is 1.29. The SMILES string of the molecule is CNC(=O)c1sc2ncnc3c2c1NC(=O)N3C. The first-order valence-corrected chi connectivity index (χ1v) is 5.99. The van der Waals surface area contributed by atoms with Crippen LogP contribution >= 0.6 is 11.3 Å². The Labute approximate surface area is 106 Å². The van der Waals surface area contributed by atoms with Crippen molar-refractivity contribution >= 4 is 45.0 Å². The number of carbonyl (C=O) groups is 2. The van der Waals surface area contributed by atoms with Gasteiger partial charge in [-0.3, -0.25) is 9.69 Å². The lowest BCUT2D eigenvalue weighted by Crippen LogP contribution is -2.35. The number of anilines is 2. The summed E-state index contributed by atoms with van der Waals surface area (Å²) in [6.45, 7) is 0. The molecule has 8 heteroatoms. The van der Waals surface area contributed by atoms with Crippen LogP contribution in [0, 0.1) is 0 Å². The highest BCUT2D eigenvalue weighted by atomic mass is 32.1. The third-order valence-corrected chi connectivity index (χ3v) is 3.85. The quantitative estimate of drug-likeness (QED) is 0.804. The molecule has 0 radical (unpaired) electrons. The van der Waals surface area contributed by atoms with Gasteiger partial charge < -0.3 is 10.6 Å². The lowest BCUT2D eigenvalue weighted by Gasteiger charge is -2.22. The Hall–Kier alpha value is -2.22. The van der Waals surface area contributed by atoms with E-state index in [1.807, 2.05) is 0 Å². The summed E-state index contributed by atoms with van der Waals surface area (Å²) in [5.41, 5.74) is 0.494. The molecule has 7 nitrogen and oxygen atoms in total. The van der Waals surface area contributed by atoms with Gasteiger partial charge >= 0.3 is 6.03 Å². The molecule has 1 aliphatic rings. The first kappa shape index (κ1) is 10.9. The van der Waals surface area contributed by atoms with Crippen LogP contribution in [0.5, 0.6) is 0 Å². The van der Waals surface area contributed by atoms with E-state index in [2.05, 4.69) is 20.6 Å².